The van der Waals surface area contributed by atoms with Crippen LogP contribution in [0.5, 0.6) is 0 Å². The first-order chi connectivity index (χ1) is 9.87. The Hall–Kier alpha value is -1.94. The van der Waals surface area contributed by atoms with E-state index >= 15 is 0 Å². The summed E-state index contributed by atoms with van der Waals surface area (Å²) < 4.78 is 0. The van der Waals surface area contributed by atoms with E-state index in [9.17, 15) is 0 Å². The molecule has 0 fully saturated rings. The fourth-order valence-corrected chi connectivity index (χ4v) is 2.06. The van der Waals surface area contributed by atoms with E-state index in [-0.39, 0.29) is 5.54 Å². The normalized spacial score (nSPS) is 11.5. The molecule has 4 nitrogen and oxygen atoms in total. The molecule has 2 aromatic rings. The number of nitrogens with zero attached hydrogens (tertiary/aromatic N) is 3. The topological polar surface area (TPSA) is 41.1 Å². The quantitative estimate of drug-likeness (QED) is 0.933. The smallest absolute Gasteiger partial charge is 0.151 e. The van der Waals surface area contributed by atoms with Gasteiger partial charge in [0.25, 0.3) is 0 Å². The molecule has 21 heavy (non-hydrogen) atoms. The molecule has 0 amide bonds. The zero-order chi connectivity index (χ0) is 15.5. The first-order valence-electron chi connectivity index (χ1n) is 7.22. The van der Waals surface area contributed by atoms with Crippen molar-refractivity contribution in [2.75, 3.05) is 11.9 Å². The Bertz CT molecular complexity index is 602. The second-order valence-corrected chi connectivity index (χ2v) is 6.32. The third-order valence-corrected chi connectivity index (χ3v) is 3.29. The third kappa shape index (κ3) is 4.26. The molecule has 0 aliphatic carbocycles. The zero-order valence-corrected chi connectivity index (χ0v) is 13.5. The van der Waals surface area contributed by atoms with Gasteiger partial charge in [0.1, 0.15) is 0 Å². The maximum absolute atomic E-state index is 4.69. The second kappa shape index (κ2) is 6.22. The minimum atomic E-state index is 0.0691. The molecular weight excluding hydrogens is 260 g/mol. The predicted molar refractivity (Wildman–Crippen MR) is 87.9 cm³/mol. The molecule has 0 spiro atoms. The van der Waals surface area contributed by atoms with Gasteiger partial charge in [0.15, 0.2) is 5.82 Å². The average molecular weight is 284 g/mol. The summed E-state index contributed by atoms with van der Waals surface area (Å²) in [5.41, 5.74) is 3.38. The highest BCUT2D eigenvalue weighted by Crippen LogP contribution is 2.24. The van der Waals surface area contributed by atoms with Gasteiger partial charge < -0.3 is 10.2 Å². The summed E-state index contributed by atoms with van der Waals surface area (Å²) in [6.07, 6.45) is 3.61. The molecule has 1 N–H and O–H groups in total. The molecule has 1 aromatic heterocycles. The van der Waals surface area contributed by atoms with E-state index < -0.39 is 0 Å². The van der Waals surface area contributed by atoms with Crippen LogP contribution >= 0.6 is 0 Å². The van der Waals surface area contributed by atoms with Gasteiger partial charge in [0.2, 0.25) is 0 Å². The van der Waals surface area contributed by atoms with Gasteiger partial charge >= 0.3 is 0 Å². The molecule has 0 unspecified atom stereocenters. The van der Waals surface area contributed by atoms with Crippen LogP contribution in [0.3, 0.4) is 0 Å². The lowest BCUT2D eigenvalue weighted by Crippen LogP contribution is -2.35. The highest BCUT2D eigenvalue weighted by molar-refractivity contribution is 5.62. The molecule has 0 saturated carbocycles. The summed E-state index contributed by atoms with van der Waals surface area (Å²) in [5, 5.41) is 3.43. The summed E-state index contributed by atoms with van der Waals surface area (Å²) in [6, 6.07) is 8.28. The van der Waals surface area contributed by atoms with E-state index in [1.54, 1.807) is 6.20 Å². The van der Waals surface area contributed by atoms with Crippen LogP contribution in [0.25, 0.3) is 0 Å². The van der Waals surface area contributed by atoms with Crippen molar-refractivity contribution in [2.24, 2.45) is 0 Å². The number of aryl methyl sites for hydroxylation is 1. The fraction of sp³-hybridized carbons (Fsp3) is 0.412. The van der Waals surface area contributed by atoms with E-state index in [0.29, 0.717) is 6.54 Å². The highest BCUT2D eigenvalue weighted by Gasteiger charge is 2.11. The van der Waals surface area contributed by atoms with Crippen LogP contribution in [0.4, 0.5) is 11.5 Å². The minimum Gasteiger partial charge on any atom is -0.328 e. The van der Waals surface area contributed by atoms with Crippen LogP contribution in [0.15, 0.2) is 36.7 Å². The summed E-state index contributed by atoms with van der Waals surface area (Å²) in [7, 11) is 2.02. The van der Waals surface area contributed by atoms with Crippen molar-refractivity contribution >= 4 is 11.5 Å². The van der Waals surface area contributed by atoms with Crippen LogP contribution in [-0.2, 0) is 6.54 Å². The molecule has 0 saturated heterocycles. The van der Waals surface area contributed by atoms with Gasteiger partial charge in [0.05, 0.1) is 11.9 Å². The molecule has 0 atom stereocenters. The molecule has 0 bridgehead atoms. The first kappa shape index (κ1) is 15.4. The Morgan fingerprint density at radius 2 is 1.86 bits per heavy atom. The van der Waals surface area contributed by atoms with Gasteiger partial charge in [-0.2, -0.15) is 0 Å². The lowest BCUT2D eigenvalue weighted by Gasteiger charge is -2.22. The SMILES string of the molecule is Cc1ccccc1N(C)c1cncc(CNC(C)(C)C)n1. The Labute approximate surface area is 127 Å². The number of aromatic nitrogens is 2. The zero-order valence-electron chi connectivity index (χ0n) is 13.5. The van der Waals surface area contributed by atoms with Crippen molar-refractivity contribution in [1.82, 2.24) is 15.3 Å². The summed E-state index contributed by atoms with van der Waals surface area (Å²) in [4.78, 5) is 11.1. The molecule has 2 rings (SSSR count). The molecule has 4 heteroatoms. The predicted octanol–water partition coefficient (Wildman–Crippen LogP) is 3.44. The maximum atomic E-state index is 4.69. The lowest BCUT2D eigenvalue weighted by molar-refractivity contribution is 0.421. The van der Waals surface area contributed by atoms with Crippen molar-refractivity contribution in [1.29, 1.82) is 0 Å². The summed E-state index contributed by atoms with van der Waals surface area (Å²) in [5.74, 6) is 0.859. The van der Waals surface area contributed by atoms with E-state index in [2.05, 4.69) is 55.0 Å². The molecule has 112 valence electrons. The van der Waals surface area contributed by atoms with Gasteiger partial charge in [0, 0.05) is 31.0 Å². The van der Waals surface area contributed by atoms with Crippen LogP contribution in [-0.4, -0.2) is 22.6 Å². The summed E-state index contributed by atoms with van der Waals surface area (Å²) >= 11 is 0. The van der Waals surface area contributed by atoms with Crippen LogP contribution in [0, 0.1) is 6.92 Å². The van der Waals surface area contributed by atoms with Crippen molar-refractivity contribution in [3.63, 3.8) is 0 Å². The van der Waals surface area contributed by atoms with E-state index in [0.717, 1.165) is 17.2 Å². The number of hydrogen-bond donors (Lipinski definition) is 1. The number of anilines is 2. The molecule has 0 aliphatic rings. The summed E-state index contributed by atoms with van der Waals surface area (Å²) in [6.45, 7) is 9.24. The van der Waals surface area contributed by atoms with Gasteiger partial charge in [-0.15, -0.1) is 0 Å². The van der Waals surface area contributed by atoms with Crippen molar-refractivity contribution in [3.8, 4) is 0 Å². The van der Waals surface area contributed by atoms with Gasteiger partial charge in [-0.25, -0.2) is 4.98 Å². The van der Waals surface area contributed by atoms with Gasteiger partial charge in [-0.1, -0.05) is 18.2 Å². The van der Waals surface area contributed by atoms with Crippen molar-refractivity contribution in [3.05, 3.63) is 47.9 Å². The van der Waals surface area contributed by atoms with Gasteiger partial charge in [-0.05, 0) is 39.3 Å². The number of benzene rings is 1. The minimum absolute atomic E-state index is 0.0691. The largest absolute Gasteiger partial charge is 0.328 e. The molecule has 0 radical (unpaired) electrons. The number of hydrogen-bond acceptors (Lipinski definition) is 4. The van der Waals surface area contributed by atoms with Crippen LogP contribution in [0.2, 0.25) is 0 Å². The number of nitrogens with one attached hydrogen (secondary N) is 1. The monoisotopic (exact) mass is 284 g/mol. The van der Waals surface area contributed by atoms with Crippen LogP contribution < -0.4 is 10.2 Å². The lowest BCUT2D eigenvalue weighted by atomic mass is 10.1. The Morgan fingerprint density at radius 1 is 1.14 bits per heavy atom. The Kier molecular flexibility index (Phi) is 4.58. The standard InChI is InChI=1S/C17H24N4/c1-13-8-6-7-9-15(13)21(5)16-12-18-10-14(20-16)11-19-17(2,3)4/h6-10,12,19H,11H2,1-5H3. The van der Waals surface area contributed by atoms with Crippen molar-refractivity contribution in [2.45, 2.75) is 39.8 Å². The third-order valence-electron chi connectivity index (χ3n) is 3.29. The average Bonchev–Trinajstić information content (AvgIpc) is 2.44. The molecule has 1 aromatic carbocycles. The van der Waals surface area contributed by atoms with E-state index in [1.807, 2.05) is 25.4 Å². The fourth-order valence-electron chi connectivity index (χ4n) is 2.06. The molecule has 1 heterocycles. The number of rotatable bonds is 4. The van der Waals surface area contributed by atoms with Crippen LogP contribution in [0.1, 0.15) is 32.0 Å². The Balaban J connectivity index is 2.19. The Morgan fingerprint density at radius 3 is 2.52 bits per heavy atom. The van der Waals surface area contributed by atoms with E-state index in [4.69, 9.17) is 4.98 Å². The number of para-hydroxylation sites is 1. The molecular formula is C17H24N4. The highest BCUT2D eigenvalue weighted by atomic mass is 15.2. The maximum Gasteiger partial charge on any atom is 0.151 e. The molecule has 0 aliphatic heterocycles. The van der Waals surface area contributed by atoms with Crippen molar-refractivity contribution < 1.29 is 0 Å². The van der Waals surface area contributed by atoms with E-state index in [1.165, 1.54) is 5.56 Å². The first-order valence-corrected chi connectivity index (χ1v) is 7.22. The second-order valence-electron chi connectivity index (χ2n) is 6.32. The van der Waals surface area contributed by atoms with Gasteiger partial charge in [-0.3, -0.25) is 4.98 Å².